The van der Waals surface area contributed by atoms with E-state index in [0.717, 1.165) is 29.7 Å². The molecule has 0 aliphatic rings. The van der Waals surface area contributed by atoms with E-state index in [4.69, 9.17) is 4.74 Å². The minimum Gasteiger partial charge on any atom is -0.507 e. The maximum atomic E-state index is 12.9. The molecule has 0 aliphatic heterocycles. The Morgan fingerprint density at radius 2 is 1.58 bits per heavy atom. The summed E-state index contributed by atoms with van der Waals surface area (Å²) in [6, 6.07) is 9.45. The number of rotatable bonds is 10. The molecule has 0 spiro atoms. The second-order valence-corrected chi connectivity index (χ2v) is 10.2. The number of phenolic OH excluding ortho intramolecular Hbond substituents is 1. The highest BCUT2D eigenvalue weighted by atomic mass is 16.5. The number of phenols is 1. The van der Waals surface area contributed by atoms with Gasteiger partial charge in [0.1, 0.15) is 11.5 Å². The van der Waals surface area contributed by atoms with Crippen molar-refractivity contribution in [1.29, 1.82) is 0 Å². The molecule has 2 aromatic carbocycles. The van der Waals surface area contributed by atoms with Crippen molar-refractivity contribution in [1.82, 2.24) is 0 Å². The molecule has 4 heteroatoms. The monoisotopic (exact) mass is 451 g/mol. The zero-order valence-electron chi connectivity index (χ0n) is 21.8. The molecule has 2 aromatic rings. The van der Waals surface area contributed by atoms with Gasteiger partial charge in [0.2, 0.25) is 0 Å². The number of benzene rings is 2. The molecule has 0 heterocycles. The Morgan fingerprint density at radius 1 is 1.03 bits per heavy atom. The number of hydrogen-bond donors (Lipinski definition) is 2. The van der Waals surface area contributed by atoms with Gasteiger partial charge in [0.25, 0.3) is 0 Å². The Hall–Kier alpha value is -2.75. The van der Waals surface area contributed by atoms with Crippen LogP contribution in [0.15, 0.2) is 36.4 Å². The third kappa shape index (κ3) is 5.98. The Labute approximate surface area is 200 Å². The third-order valence-corrected chi connectivity index (χ3v) is 6.73. The first-order chi connectivity index (χ1) is 15.4. The zero-order valence-corrected chi connectivity index (χ0v) is 21.8. The Balaban J connectivity index is 2.73. The van der Waals surface area contributed by atoms with Crippen LogP contribution in [0.5, 0.6) is 11.5 Å². The fourth-order valence-corrected chi connectivity index (χ4v) is 3.65. The number of allylic oxidation sites excluding steroid dienone is 1. The minimum absolute atomic E-state index is 0.0715. The normalized spacial score (nSPS) is 12.4. The summed E-state index contributed by atoms with van der Waals surface area (Å²) in [7, 11) is 1.84. The maximum Gasteiger partial charge on any atom is 0.185 e. The van der Waals surface area contributed by atoms with Gasteiger partial charge in [-0.25, -0.2) is 0 Å². The number of carbonyl (C=O) groups is 1. The highest BCUT2D eigenvalue weighted by Gasteiger charge is 2.32. The van der Waals surface area contributed by atoms with Crippen LogP contribution in [0.2, 0.25) is 0 Å². The summed E-state index contributed by atoms with van der Waals surface area (Å²) in [6.45, 7) is 16.9. The topological polar surface area (TPSA) is 58.6 Å². The van der Waals surface area contributed by atoms with Gasteiger partial charge >= 0.3 is 0 Å². The molecule has 0 saturated carbocycles. The fourth-order valence-electron chi connectivity index (χ4n) is 3.65. The summed E-state index contributed by atoms with van der Waals surface area (Å²) < 4.78 is 6.28. The predicted octanol–water partition coefficient (Wildman–Crippen LogP) is 7.49. The quantitative estimate of drug-likeness (QED) is 0.290. The van der Waals surface area contributed by atoms with Gasteiger partial charge in [-0.05, 0) is 80.0 Å². The first-order valence-corrected chi connectivity index (χ1v) is 12.0. The molecule has 33 heavy (non-hydrogen) atoms. The van der Waals surface area contributed by atoms with Gasteiger partial charge in [-0.2, -0.15) is 0 Å². The van der Waals surface area contributed by atoms with E-state index < -0.39 is 0 Å². The van der Waals surface area contributed by atoms with Gasteiger partial charge in [0, 0.05) is 29.4 Å². The molecule has 180 valence electrons. The first kappa shape index (κ1) is 26.5. The van der Waals surface area contributed by atoms with Crippen LogP contribution in [0.3, 0.4) is 0 Å². The van der Waals surface area contributed by atoms with Crippen molar-refractivity contribution >= 4 is 17.5 Å². The Bertz CT molecular complexity index is 999. The molecule has 0 aromatic heterocycles. The molecule has 0 radical (unpaired) electrons. The molecule has 0 amide bonds. The van der Waals surface area contributed by atoms with Crippen molar-refractivity contribution in [3.05, 3.63) is 58.7 Å². The third-order valence-electron chi connectivity index (χ3n) is 6.73. The molecule has 0 aliphatic carbocycles. The van der Waals surface area contributed by atoms with Crippen LogP contribution >= 0.6 is 0 Å². The van der Waals surface area contributed by atoms with Crippen molar-refractivity contribution in [3.8, 4) is 11.5 Å². The summed E-state index contributed by atoms with van der Waals surface area (Å²) in [4.78, 5) is 12.9. The first-order valence-electron chi connectivity index (χ1n) is 12.0. The van der Waals surface area contributed by atoms with Crippen LogP contribution in [0, 0.1) is 0 Å². The number of carbonyl (C=O) groups excluding carboxylic acids is 1. The Morgan fingerprint density at radius 3 is 2.06 bits per heavy atom. The van der Waals surface area contributed by atoms with Crippen LogP contribution in [-0.2, 0) is 10.8 Å². The van der Waals surface area contributed by atoms with Crippen molar-refractivity contribution in [2.45, 2.75) is 85.2 Å². The van der Waals surface area contributed by atoms with Crippen molar-refractivity contribution in [2.24, 2.45) is 0 Å². The van der Waals surface area contributed by atoms with Gasteiger partial charge in [-0.1, -0.05) is 41.5 Å². The van der Waals surface area contributed by atoms with Gasteiger partial charge in [-0.15, -0.1) is 0 Å². The minimum atomic E-state index is -0.228. The smallest absolute Gasteiger partial charge is 0.185 e. The van der Waals surface area contributed by atoms with Crippen molar-refractivity contribution in [3.63, 3.8) is 0 Å². The highest BCUT2D eigenvalue weighted by Crippen LogP contribution is 2.47. The van der Waals surface area contributed by atoms with Crippen LogP contribution in [0.1, 0.15) is 95.3 Å². The number of anilines is 1. The molecular weight excluding hydrogens is 410 g/mol. The fraction of sp³-hybridized carbons (Fsp3) is 0.483. The average molecular weight is 452 g/mol. The van der Waals surface area contributed by atoms with E-state index in [1.54, 1.807) is 18.2 Å². The summed E-state index contributed by atoms with van der Waals surface area (Å²) in [5.74, 6) is 0.714. The van der Waals surface area contributed by atoms with E-state index in [-0.39, 0.29) is 28.5 Å². The van der Waals surface area contributed by atoms with Crippen LogP contribution < -0.4 is 10.1 Å². The van der Waals surface area contributed by atoms with Crippen molar-refractivity contribution < 1.29 is 14.6 Å². The Kier molecular flexibility index (Phi) is 8.40. The van der Waals surface area contributed by atoms with E-state index in [1.807, 2.05) is 33.0 Å². The lowest BCUT2D eigenvalue weighted by atomic mass is 9.74. The van der Waals surface area contributed by atoms with Crippen LogP contribution in [0.4, 0.5) is 5.69 Å². The molecule has 0 fully saturated rings. The SMILES string of the molecule is CCC(C)(C)c1cc(C(C)(C)CC)c(OC(C)C)c(/C=C/C(=O)c2ccc(NC)cc2)c1O. The summed E-state index contributed by atoms with van der Waals surface area (Å²) >= 11 is 0. The van der Waals surface area contributed by atoms with Crippen LogP contribution in [-0.4, -0.2) is 24.0 Å². The van der Waals surface area contributed by atoms with E-state index >= 15 is 0 Å². The summed E-state index contributed by atoms with van der Waals surface area (Å²) in [5.41, 5.74) is 3.65. The number of aromatic hydroxyl groups is 1. The van der Waals surface area contributed by atoms with Gasteiger partial charge in [0.05, 0.1) is 11.7 Å². The van der Waals surface area contributed by atoms with E-state index in [0.29, 0.717) is 16.9 Å². The lowest BCUT2D eigenvalue weighted by Crippen LogP contribution is -2.23. The lowest BCUT2D eigenvalue weighted by Gasteiger charge is -2.33. The second kappa shape index (κ2) is 10.5. The molecule has 0 saturated heterocycles. The van der Waals surface area contributed by atoms with E-state index in [2.05, 4.69) is 52.9 Å². The molecule has 2 N–H and O–H groups in total. The molecule has 2 rings (SSSR count). The number of ether oxygens (including phenoxy) is 1. The van der Waals surface area contributed by atoms with Gasteiger partial charge < -0.3 is 15.2 Å². The molecule has 0 bridgehead atoms. The average Bonchev–Trinajstić information content (AvgIpc) is 2.77. The van der Waals surface area contributed by atoms with Crippen molar-refractivity contribution in [2.75, 3.05) is 12.4 Å². The van der Waals surface area contributed by atoms with E-state index in [1.165, 1.54) is 6.08 Å². The molecule has 0 atom stereocenters. The zero-order chi connectivity index (χ0) is 25.0. The number of nitrogens with one attached hydrogen (secondary N) is 1. The van der Waals surface area contributed by atoms with Gasteiger partial charge in [0.15, 0.2) is 5.78 Å². The van der Waals surface area contributed by atoms with Crippen LogP contribution in [0.25, 0.3) is 6.08 Å². The highest BCUT2D eigenvalue weighted by molar-refractivity contribution is 6.07. The lowest BCUT2D eigenvalue weighted by molar-refractivity contribution is 0.104. The molecule has 4 nitrogen and oxygen atoms in total. The molecular formula is C29H41NO3. The van der Waals surface area contributed by atoms with Gasteiger partial charge in [-0.3, -0.25) is 4.79 Å². The standard InChI is InChI=1S/C29H41NO3/c1-10-28(5,6)23-18-24(29(7,8)11-2)27(33-19(3)4)22(26(23)32)16-17-25(31)20-12-14-21(30-9)15-13-20/h12-19,30,32H,10-11H2,1-9H3/b17-16+. The number of ketones is 1. The maximum absolute atomic E-state index is 12.9. The molecule has 0 unspecified atom stereocenters. The van der Waals surface area contributed by atoms with E-state index in [9.17, 15) is 9.90 Å². The number of hydrogen-bond acceptors (Lipinski definition) is 4. The summed E-state index contributed by atoms with van der Waals surface area (Å²) in [5, 5.41) is 14.5. The largest absolute Gasteiger partial charge is 0.507 e. The predicted molar refractivity (Wildman–Crippen MR) is 140 cm³/mol. The summed E-state index contributed by atoms with van der Waals surface area (Å²) in [6.07, 6.45) is 4.96. The second-order valence-electron chi connectivity index (χ2n) is 10.2.